The predicted molar refractivity (Wildman–Crippen MR) is 59.2 cm³/mol. The molecule has 1 rings (SSSR count). The van der Waals surface area contributed by atoms with Crippen LogP contribution in [-0.4, -0.2) is 23.5 Å². The van der Waals surface area contributed by atoms with E-state index in [2.05, 4.69) is 5.32 Å². The molecule has 0 aliphatic carbocycles. The van der Waals surface area contributed by atoms with Crippen LogP contribution < -0.4 is 16.6 Å². The second-order valence-electron chi connectivity index (χ2n) is 3.07. The van der Waals surface area contributed by atoms with Crippen LogP contribution in [0.5, 0.6) is 0 Å². The minimum atomic E-state index is -1.09. The zero-order chi connectivity index (χ0) is 12.1. The number of anilines is 1. The average molecular weight is 223 g/mol. The van der Waals surface area contributed by atoms with Crippen LogP contribution in [-0.2, 0) is 0 Å². The molecule has 6 heteroatoms. The van der Waals surface area contributed by atoms with Gasteiger partial charge in [-0.15, -0.1) is 0 Å². The summed E-state index contributed by atoms with van der Waals surface area (Å²) in [6.45, 7) is 2.49. The minimum Gasteiger partial charge on any atom is -0.478 e. The summed E-state index contributed by atoms with van der Waals surface area (Å²) >= 11 is 0. The molecule has 0 saturated carbocycles. The Hall–Kier alpha value is -2.08. The van der Waals surface area contributed by atoms with Gasteiger partial charge in [0.1, 0.15) is 0 Å². The zero-order valence-corrected chi connectivity index (χ0v) is 8.78. The van der Waals surface area contributed by atoms with Gasteiger partial charge in [0.2, 0.25) is 0 Å². The van der Waals surface area contributed by atoms with Crippen molar-refractivity contribution in [3.8, 4) is 0 Å². The number of hydrogen-bond donors (Lipinski definition) is 4. The molecule has 0 saturated heterocycles. The van der Waals surface area contributed by atoms with Crippen molar-refractivity contribution in [2.24, 2.45) is 5.84 Å². The van der Waals surface area contributed by atoms with Crippen LogP contribution >= 0.6 is 0 Å². The van der Waals surface area contributed by atoms with E-state index < -0.39 is 11.9 Å². The van der Waals surface area contributed by atoms with E-state index in [0.717, 1.165) is 0 Å². The fourth-order valence-corrected chi connectivity index (χ4v) is 1.29. The Labute approximate surface area is 92.4 Å². The van der Waals surface area contributed by atoms with E-state index in [1.807, 2.05) is 12.3 Å². The third-order valence-corrected chi connectivity index (χ3v) is 2.01. The summed E-state index contributed by atoms with van der Waals surface area (Å²) in [6.07, 6.45) is 0. The molecule has 16 heavy (non-hydrogen) atoms. The van der Waals surface area contributed by atoms with Crippen LogP contribution in [0.1, 0.15) is 27.6 Å². The molecule has 1 amide bonds. The van der Waals surface area contributed by atoms with Crippen molar-refractivity contribution < 1.29 is 14.7 Å². The lowest BCUT2D eigenvalue weighted by Gasteiger charge is -2.10. The Kier molecular flexibility index (Phi) is 3.84. The van der Waals surface area contributed by atoms with Gasteiger partial charge in [-0.2, -0.15) is 0 Å². The number of carbonyl (C=O) groups is 2. The Morgan fingerprint density at radius 1 is 1.44 bits per heavy atom. The lowest BCUT2D eigenvalue weighted by Crippen LogP contribution is -2.30. The summed E-state index contributed by atoms with van der Waals surface area (Å²) in [6, 6.07) is 4.24. The van der Waals surface area contributed by atoms with Crippen molar-refractivity contribution >= 4 is 17.6 Å². The van der Waals surface area contributed by atoms with Gasteiger partial charge in [-0.05, 0) is 25.1 Å². The van der Waals surface area contributed by atoms with Crippen molar-refractivity contribution in [1.29, 1.82) is 0 Å². The van der Waals surface area contributed by atoms with E-state index in [-0.39, 0.29) is 11.1 Å². The van der Waals surface area contributed by atoms with E-state index in [1.165, 1.54) is 18.2 Å². The molecule has 0 aliphatic rings. The normalized spacial score (nSPS) is 9.62. The molecule has 0 atom stereocenters. The van der Waals surface area contributed by atoms with Gasteiger partial charge in [-0.3, -0.25) is 10.2 Å². The smallest absolute Gasteiger partial charge is 0.335 e. The summed E-state index contributed by atoms with van der Waals surface area (Å²) in [7, 11) is 0. The first kappa shape index (κ1) is 12.0. The molecule has 0 aliphatic heterocycles. The number of nitrogens with two attached hydrogens (primary N) is 1. The number of nitrogen functional groups attached to an aromatic ring is 1. The van der Waals surface area contributed by atoms with Crippen LogP contribution in [0.25, 0.3) is 0 Å². The third-order valence-electron chi connectivity index (χ3n) is 2.01. The Morgan fingerprint density at radius 2 is 2.12 bits per heavy atom. The zero-order valence-electron chi connectivity index (χ0n) is 8.78. The molecule has 0 spiro atoms. The van der Waals surface area contributed by atoms with Crippen molar-refractivity contribution in [3.05, 3.63) is 29.3 Å². The fourth-order valence-electron chi connectivity index (χ4n) is 1.29. The first-order chi connectivity index (χ1) is 7.60. The molecular weight excluding hydrogens is 210 g/mol. The molecule has 0 radical (unpaired) electrons. The number of aromatic carboxylic acids is 1. The first-order valence-corrected chi connectivity index (χ1v) is 4.72. The van der Waals surface area contributed by atoms with Crippen LogP contribution in [0.4, 0.5) is 5.69 Å². The van der Waals surface area contributed by atoms with Crippen LogP contribution in [0.15, 0.2) is 18.2 Å². The number of carboxylic acid groups (broad SMARTS) is 1. The molecule has 1 aromatic carbocycles. The van der Waals surface area contributed by atoms with Crippen LogP contribution in [0, 0.1) is 0 Å². The number of benzene rings is 1. The second-order valence-corrected chi connectivity index (χ2v) is 3.07. The molecule has 1 aromatic rings. The number of carboxylic acids is 1. The lowest BCUT2D eigenvalue weighted by molar-refractivity contribution is 0.0697. The van der Waals surface area contributed by atoms with Gasteiger partial charge in [0.15, 0.2) is 0 Å². The van der Waals surface area contributed by atoms with Gasteiger partial charge in [-0.25, -0.2) is 10.6 Å². The minimum absolute atomic E-state index is 0.0419. The van der Waals surface area contributed by atoms with Gasteiger partial charge in [0.05, 0.1) is 11.1 Å². The highest BCUT2D eigenvalue weighted by Gasteiger charge is 2.13. The topological polar surface area (TPSA) is 104 Å². The summed E-state index contributed by atoms with van der Waals surface area (Å²) in [5, 5.41) is 11.7. The fraction of sp³-hybridized carbons (Fsp3) is 0.200. The van der Waals surface area contributed by atoms with Gasteiger partial charge in [-0.1, -0.05) is 0 Å². The van der Waals surface area contributed by atoms with E-state index in [9.17, 15) is 9.59 Å². The SMILES string of the molecule is CCNc1ccc(C(=O)O)cc1C(=O)NN. The maximum Gasteiger partial charge on any atom is 0.335 e. The number of hydrogen-bond acceptors (Lipinski definition) is 4. The second kappa shape index (κ2) is 5.13. The molecule has 0 bridgehead atoms. The summed E-state index contributed by atoms with van der Waals surface area (Å²) in [5.74, 6) is 3.40. The molecule has 0 aromatic heterocycles. The predicted octanol–water partition coefficient (Wildman–Crippen LogP) is 0.420. The average Bonchev–Trinajstić information content (AvgIpc) is 2.28. The molecule has 0 fully saturated rings. The largest absolute Gasteiger partial charge is 0.478 e. The van der Waals surface area contributed by atoms with Gasteiger partial charge < -0.3 is 10.4 Å². The first-order valence-electron chi connectivity index (χ1n) is 4.72. The quantitative estimate of drug-likeness (QED) is 0.336. The highest BCUT2D eigenvalue weighted by atomic mass is 16.4. The van der Waals surface area contributed by atoms with Crippen molar-refractivity contribution in [3.63, 3.8) is 0 Å². The van der Waals surface area contributed by atoms with Crippen LogP contribution in [0.2, 0.25) is 0 Å². The maximum absolute atomic E-state index is 11.4. The molecule has 6 nitrogen and oxygen atoms in total. The van der Waals surface area contributed by atoms with Crippen molar-refractivity contribution in [1.82, 2.24) is 5.43 Å². The number of amides is 1. The van der Waals surface area contributed by atoms with E-state index in [4.69, 9.17) is 10.9 Å². The Bertz CT molecular complexity index is 418. The van der Waals surface area contributed by atoms with E-state index in [1.54, 1.807) is 0 Å². The number of hydrazine groups is 1. The van der Waals surface area contributed by atoms with Gasteiger partial charge in [0.25, 0.3) is 5.91 Å². The lowest BCUT2D eigenvalue weighted by atomic mass is 10.1. The molecule has 86 valence electrons. The highest BCUT2D eigenvalue weighted by Crippen LogP contribution is 2.17. The van der Waals surface area contributed by atoms with Gasteiger partial charge in [0, 0.05) is 12.2 Å². The summed E-state index contributed by atoms with van der Waals surface area (Å²) in [4.78, 5) is 22.2. The summed E-state index contributed by atoms with van der Waals surface area (Å²) in [5.41, 5.74) is 2.78. The van der Waals surface area contributed by atoms with Crippen molar-refractivity contribution in [2.75, 3.05) is 11.9 Å². The highest BCUT2D eigenvalue weighted by molar-refractivity contribution is 6.01. The van der Waals surface area contributed by atoms with E-state index >= 15 is 0 Å². The number of nitrogens with one attached hydrogen (secondary N) is 2. The van der Waals surface area contributed by atoms with Gasteiger partial charge >= 0.3 is 5.97 Å². The molecule has 5 N–H and O–H groups in total. The molecule has 0 unspecified atom stereocenters. The Balaban J connectivity index is 3.20. The number of rotatable bonds is 4. The maximum atomic E-state index is 11.4. The molecular formula is C10H13N3O3. The monoisotopic (exact) mass is 223 g/mol. The summed E-state index contributed by atoms with van der Waals surface area (Å²) < 4.78 is 0. The standard InChI is InChI=1S/C10H13N3O3/c1-2-12-8-4-3-6(10(15)16)5-7(8)9(14)13-11/h3-5,12H,2,11H2,1H3,(H,13,14)(H,15,16). The third kappa shape index (κ3) is 2.48. The number of carbonyl (C=O) groups excluding carboxylic acids is 1. The van der Waals surface area contributed by atoms with E-state index in [0.29, 0.717) is 12.2 Å². The molecule has 0 heterocycles. The Morgan fingerprint density at radius 3 is 2.62 bits per heavy atom. The van der Waals surface area contributed by atoms with Crippen molar-refractivity contribution in [2.45, 2.75) is 6.92 Å². The van der Waals surface area contributed by atoms with Crippen LogP contribution in [0.3, 0.4) is 0 Å².